The lowest BCUT2D eigenvalue weighted by Gasteiger charge is -2.32. The van der Waals surface area contributed by atoms with Crippen LogP contribution in [0.4, 0.5) is 0 Å². The van der Waals surface area contributed by atoms with Crippen LogP contribution in [0.3, 0.4) is 0 Å². The molecule has 1 unspecified atom stereocenters. The number of benzene rings is 2. The molecule has 0 aliphatic carbocycles. The number of aryl methyl sites for hydroxylation is 3. The highest BCUT2D eigenvalue weighted by molar-refractivity contribution is 5.73. The molecule has 0 bridgehead atoms. The molecule has 210 valence electrons. The van der Waals surface area contributed by atoms with Crippen molar-refractivity contribution in [2.45, 2.75) is 45.9 Å². The number of aliphatic hydroxyl groups is 1. The summed E-state index contributed by atoms with van der Waals surface area (Å²) >= 11 is 0. The number of methoxy groups -OCH3 is 1. The summed E-state index contributed by atoms with van der Waals surface area (Å²) in [6, 6.07) is 13.7. The maximum atomic E-state index is 12.3. The zero-order valence-electron chi connectivity index (χ0n) is 23.4. The second kappa shape index (κ2) is 13.0. The molecule has 0 spiro atoms. The number of amides is 1. The molecule has 3 aromatic rings. The summed E-state index contributed by atoms with van der Waals surface area (Å²) in [5.74, 6) is 2.99. The number of β-amino-alcohol motifs (C(OH)–C–C–N with tert-alkyl or cyclic N) is 1. The SMILES string of the molecule is COc1ccc(CN2CCN(C(C)=O)CC(O)(COc3ccc(C)cc3)C2)cc1OCCCn1ccnc1C. The first-order valence-corrected chi connectivity index (χ1v) is 13.4. The van der Waals surface area contributed by atoms with Gasteiger partial charge in [-0.2, -0.15) is 0 Å². The van der Waals surface area contributed by atoms with Crippen LogP contribution >= 0.6 is 0 Å². The molecule has 1 aliphatic heterocycles. The molecular weight excluding hydrogens is 496 g/mol. The predicted octanol–water partition coefficient (Wildman–Crippen LogP) is 3.45. The molecule has 1 N–H and O–H groups in total. The van der Waals surface area contributed by atoms with Gasteiger partial charge in [0.15, 0.2) is 11.5 Å². The molecule has 1 saturated heterocycles. The van der Waals surface area contributed by atoms with Crippen LogP contribution in [-0.2, 0) is 17.9 Å². The Morgan fingerprint density at radius 2 is 1.85 bits per heavy atom. The number of rotatable bonds is 11. The van der Waals surface area contributed by atoms with Crippen molar-refractivity contribution in [2.75, 3.05) is 46.5 Å². The third-order valence-corrected chi connectivity index (χ3v) is 7.02. The first-order valence-electron chi connectivity index (χ1n) is 13.4. The molecule has 2 heterocycles. The molecule has 9 heteroatoms. The van der Waals surface area contributed by atoms with Crippen LogP contribution in [0.25, 0.3) is 0 Å². The van der Waals surface area contributed by atoms with E-state index in [0.717, 1.165) is 29.9 Å². The highest BCUT2D eigenvalue weighted by Crippen LogP contribution is 2.29. The van der Waals surface area contributed by atoms with Crippen molar-refractivity contribution in [3.05, 3.63) is 71.8 Å². The minimum absolute atomic E-state index is 0.0587. The van der Waals surface area contributed by atoms with Gasteiger partial charge in [-0.1, -0.05) is 23.8 Å². The van der Waals surface area contributed by atoms with Gasteiger partial charge in [0.1, 0.15) is 23.8 Å². The quantitative estimate of drug-likeness (QED) is 0.376. The Morgan fingerprint density at radius 1 is 1.05 bits per heavy atom. The molecule has 0 saturated carbocycles. The van der Waals surface area contributed by atoms with Gasteiger partial charge in [-0.3, -0.25) is 9.69 Å². The lowest BCUT2D eigenvalue weighted by atomic mass is 10.0. The second-order valence-electron chi connectivity index (χ2n) is 10.3. The van der Waals surface area contributed by atoms with E-state index in [1.54, 1.807) is 18.2 Å². The van der Waals surface area contributed by atoms with Crippen molar-refractivity contribution >= 4 is 5.91 Å². The fraction of sp³-hybridized carbons (Fsp3) is 0.467. The van der Waals surface area contributed by atoms with Gasteiger partial charge in [-0.15, -0.1) is 0 Å². The number of ether oxygens (including phenoxy) is 3. The fourth-order valence-corrected chi connectivity index (χ4v) is 4.84. The molecule has 9 nitrogen and oxygen atoms in total. The number of hydrogen-bond donors (Lipinski definition) is 1. The maximum absolute atomic E-state index is 12.3. The lowest BCUT2D eigenvalue weighted by molar-refractivity contribution is -0.132. The van der Waals surface area contributed by atoms with Gasteiger partial charge in [0.05, 0.1) is 20.3 Å². The van der Waals surface area contributed by atoms with Crippen LogP contribution in [0.15, 0.2) is 54.9 Å². The standard InChI is InChI=1S/C30H40N4O5/c1-23-6-9-27(10-7-23)39-22-30(36)20-32(15-16-34(21-30)25(3)35)19-26-8-11-28(37-4)29(18-26)38-17-5-13-33-14-12-31-24(33)2/h6-12,14,18,36H,5,13,15-17,19-22H2,1-4H3. The van der Waals surface area contributed by atoms with E-state index in [-0.39, 0.29) is 19.1 Å². The summed E-state index contributed by atoms with van der Waals surface area (Å²) in [7, 11) is 1.63. The molecule has 1 atom stereocenters. The van der Waals surface area contributed by atoms with Crippen LogP contribution in [0.2, 0.25) is 0 Å². The zero-order chi connectivity index (χ0) is 27.8. The van der Waals surface area contributed by atoms with E-state index >= 15 is 0 Å². The van der Waals surface area contributed by atoms with Crippen LogP contribution in [0.1, 0.15) is 30.3 Å². The first-order chi connectivity index (χ1) is 18.7. The smallest absolute Gasteiger partial charge is 0.219 e. The second-order valence-corrected chi connectivity index (χ2v) is 10.3. The Kier molecular flexibility index (Phi) is 9.48. The molecule has 1 aromatic heterocycles. The number of nitrogens with zero attached hydrogens (tertiary/aromatic N) is 4. The molecule has 39 heavy (non-hydrogen) atoms. The average Bonchev–Trinajstić information content (AvgIpc) is 3.24. The van der Waals surface area contributed by atoms with Crippen LogP contribution in [0.5, 0.6) is 17.2 Å². The fourth-order valence-electron chi connectivity index (χ4n) is 4.84. The topological polar surface area (TPSA) is 89.3 Å². The molecule has 1 aliphatic rings. The van der Waals surface area contributed by atoms with E-state index in [9.17, 15) is 9.90 Å². The number of hydrogen-bond acceptors (Lipinski definition) is 7. The average molecular weight is 537 g/mol. The first kappa shape index (κ1) is 28.4. The Morgan fingerprint density at radius 3 is 2.54 bits per heavy atom. The van der Waals surface area contributed by atoms with Crippen molar-refractivity contribution in [1.82, 2.24) is 19.4 Å². The molecule has 1 amide bonds. The van der Waals surface area contributed by atoms with Gasteiger partial charge in [0.25, 0.3) is 0 Å². The zero-order valence-corrected chi connectivity index (χ0v) is 23.4. The van der Waals surface area contributed by atoms with Crippen molar-refractivity contribution in [1.29, 1.82) is 0 Å². The van der Waals surface area contributed by atoms with Crippen molar-refractivity contribution in [3.63, 3.8) is 0 Å². The molecule has 1 fully saturated rings. The Labute approximate surface area is 230 Å². The molecule has 2 aromatic carbocycles. The van der Waals surface area contributed by atoms with Gasteiger partial charge >= 0.3 is 0 Å². The Hall–Kier alpha value is -3.56. The van der Waals surface area contributed by atoms with Crippen molar-refractivity contribution < 1.29 is 24.1 Å². The van der Waals surface area contributed by atoms with Gasteiger partial charge in [-0.05, 0) is 50.1 Å². The predicted molar refractivity (Wildman–Crippen MR) is 149 cm³/mol. The number of imidazole rings is 1. The number of carbonyl (C=O) groups excluding carboxylic acids is 1. The molecular formula is C30H40N4O5. The molecule has 4 rings (SSSR count). The van der Waals surface area contributed by atoms with Gasteiger partial charge < -0.3 is 28.8 Å². The van der Waals surface area contributed by atoms with E-state index in [0.29, 0.717) is 50.0 Å². The van der Waals surface area contributed by atoms with Crippen LogP contribution in [0, 0.1) is 13.8 Å². The van der Waals surface area contributed by atoms with Crippen LogP contribution < -0.4 is 14.2 Å². The van der Waals surface area contributed by atoms with Gasteiger partial charge in [-0.25, -0.2) is 4.98 Å². The Balaban J connectivity index is 1.41. The summed E-state index contributed by atoms with van der Waals surface area (Å²) in [6.07, 6.45) is 4.61. The number of carbonyl (C=O) groups is 1. The minimum Gasteiger partial charge on any atom is -0.493 e. The normalized spacial score (nSPS) is 18.0. The van der Waals surface area contributed by atoms with E-state index in [1.165, 1.54) is 6.92 Å². The summed E-state index contributed by atoms with van der Waals surface area (Å²) < 4.78 is 19.7. The van der Waals surface area contributed by atoms with Gasteiger partial charge in [0, 0.05) is 52.0 Å². The summed E-state index contributed by atoms with van der Waals surface area (Å²) in [5, 5.41) is 11.6. The highest BCUT2D eigenvalue weighted by Gasteiger charge is 2.37. The monoisotopic (exact) mass is 536 g/mol. The third-order valence-electron chi connectivity index (χ3n) is 7.02. The summed E-state index contributed by atoms with van der Waals surface area (Å²) in [4.78, 5) is 20.4. The highest BCUT2D eigenvalue weighted by atomic mass is 16.5. The van der Waals surface area contributed by atoms with Gasteiger partial charge in [0.2, 0.25) is 5.91 Å². The van der Waals surface area contributed by atoms with Crippen molar-refractivity contribution in [3.8, 4) is 17.2 Å². The number of aromatic nitrogens is 2. The maximum Gasteiger partial charge on any atom is 0.219 e. The van der Waals surface area contributed by atoms with E-state index in [2.05, 4.69) is 14.5 Å². The van der Waals surface area contributed by atoms with Crippen molar-refractivity contribution in [2.24, 2.45) is 0 Å². The van der Waals surface area contributed by atoms with Crippen LogP contribution in [-0.4, -0.2) is 82.5 Å². The minimum atomic E-state index is -1.22. The van der Waals surface area contributed by atoms with E-state index in [1.807, 2.05) is 62.5 Å². The van der Waals surface area contributed by atoms with E-state index < -0.39 is 5.60 Å². The lowest BCUT2D eigenvalue weighted by Crippen LogP contribution is -2.51. The largest absolute Gasteiger partial charge is 0.493 e. The Bertz CT molecular complexity index is 1230. The molecule has 0 radical (unpaired) electrons. The third kappa shape index (κ3) is 7.97. The summed E-state index contributed by atoms with van der Waals surface area (Å²) in [5.41, 5.74) is 0.958. The van der Waals surface area contributed by atoms with E-state index in [4.69, 9.17) is 14.2 Å². The summed E-state index contributed by atoms with van der Waals surface area (Å²) in [6.45, 7) is 9.36.